The SMILES string of the molecule is C=CCO/N=C1/C[C@@H](C[C@@H](C)SCC)CC(=O)[C@@H]1/C(CCC)=N\OCC. The molecule has 0 radical (unpaired) electrons. The number of ketones is 1. The smallest absolute Gasteiger partial charge is 0.147 e. The second-order valence-corrected chi connectivity index (χ2v) is 8.31. The molecule has 0 amide bonds. The molecule has 1 saturated carbocycles. The Kier molecular flexibility index (Phi) is 11.3. The summed E-state index contributed by atoms with van der Waals surface area (Å²) in [6.45, 7) is 12.8. The lowest BCUT2D eigenvalue weighted by Crippen LogP contribution is -2.39. The lowest BCUT2D eigenvalue weighted by Gasteiger charge is -2.30. The van der Waals surface area contributed by atoms with Crippen molar-refractivity contribution in [2.45, 2.75) is 65.0 Å². The molecule has 3 atom stereocenters. The minimum absolute atomic E-state index is 0.183. The predicted molar refractivity (Wildman–Crippen MR) is 111 cm³/mol. The third-order valence-electron chi connectivity index (χ3n) is 4.28. The highest BCUT2D eigenvalue weighted by Gasteiger charge is 2.38. The molecule has 0 aromatic rings. The molecule has 6 heteroatoms. The minimum atomic E-state index is -0.406. The number of Topliss-reactive ketones (excluding diaryl/α,β-unsaturated/α-hetero) is 1. The minimum Gasteiger partial charge on any atom is -0.396 e. The van der Waals surface area contributed by atoms with E-state index in [0.29, 0.717) is 30.8 Å². The standard InChI is InChI=1S/C20H34N2O3S/c1-6-10-17(21-24-8-3)20-18(22-25-11-7-2)13-16(14-19(20)23)12-15(5)26-9-4/h7,15-16,20H,2,6,8-14H2,1,3-5H3/b21-17-,22-18-/t15-,16-,20-/m1/s1. The van der Waals surface area contributed by atoms with Crippen LogP contribution in [0.1, 0.15) is 59.8 Å². The Morgan fingerprint density at radius 3 is 2.73 bits per heavy atom. The Balaban J connectivity index is 3.01. The third kappa shape index (κ3) is 7.52. The van der Waals surface area contributed by atoms with Crippen molar-refractivity contribution in [1.82, 2.24) is 0 Å². The van der Waals surface area contributed by atoms with Crippen LogP contribution in [0.2, 0.25) is 0 Å². The maximum Gasteiger partial charge on any atom is 0.147 e. The summed E-state index contributed by atoms with van der Waals surface area (Å²) in [5.74, 6) is 1.18. The van der Waals surface area contributed by atoms with Gasteiger partial charge < -0.3 is 9.68 Å². The van der Waals surface area contributed by atoms with E-state index in [1.54, 1.807) is 6.08 Å². The second kappa shape index (κ2) is 13.0. The Hall–Kier alpha value is -1.30. The van der Waals surface area contributed by atoms with Crippen LogP contribution in [0.15, 0.2) is 23.0 Å². The summed E-state index contributed by atoms with van der Waals surface area (Å²) in [7, 11) is 0. The Labute approximate surface area is 162 Å². The lowest BCUT2D eigenvalue weighted by molar-refractivity contribution is -0.121. The van der Waals surface area contributed by atoms with Crippen LogP contribution in [-0.4, -0.2) is 41.4 Å². The van der Waals surface area contributed by atoms with Gasteiger partial charge in [-0.15, -0.1) is 0 Å². The zero-order valence-corrected chi connectivity index (χ0v) is 17.5. The van der Waals surface area contributed by atoms with Gasteiger partial charge in [-0.05, 0) is 37.9 Å². The van der Waals surface area contributed by atoms with Gasteiger partial charge in [-0.3, -0.25) is 4.79 Å². The molecule has 148 valence electrons. The molecule has 5 nitrogen and oxygen atoms in total. The molecule has 0 spiro atoms. The molecule has 0 N–H and O–H groups in total. The fourth-order valence-electron chi connectivity index (χ4n) is 3.35. The molecular formula is C20H34N2O3S. The van der Waals surface area contributed by atoms with Crippen molar-refractivity contribution in [3.8, 4) is 0 Å². The number of nitrogens with zero attached hydrogens (tertiary/aromatic N) is 2. The second-order valence-electron chi connectivity index (χ2n) is 6.59. The van der Waals surface area contributed by atoms with Crippen molar-refractivity contribution in [3.05, 3.63) is 12.7 Å². The van der Waals surface area contributed by atoms with Gasteiger partial charge >= 0.3 is 0 Å². The van der Waals surface area contributed by atoms with Gasteiger partial charge in [0.1, 0.15) is 24.9 Å². The lowest BCUT2D eigenvalue weighted by atomic mass is 9.75. The first-order valence-electron chi connectivity index (χ1n) is 9.69. The van der Waals surface area contributed by atoms with E-state index in [9.17, 15) is 4.79 Å². The van der Waals surface area contributed by atoms with Crippen LogP contribution in [0.3, 0.4) is 0 Å². The van der Waals surface area contributed by atoms with Crippen molar-refractivity contribution >= 4 is 29.0 Å². The van der Waals surface area contributed by atoms with Crippen LogP contribution in [0.25, 0.3) is 0 Å². The molecule has 1 aliphatic carbocycles. The van der Waals surface area contributed by atoms with E-state index in [4.69, 9.17) is 9.68 Å². The quantitative estimate of drug-likeness (QED) is 0.209. The topological polar surface area (TPSA) is 60.2 Å². The first kappa shape index (κ1) is 22.7. The zero-order chi connectivity index (χ0) is 19.4. The number of rotatable bonds is 12. The van der Waals surface area contributed by atoms with Crippen LogP contribution in [0, 0.1) is 11.8 Å². The van der Waals surface area contributed by atoms with Gasteiger partial charge in [-0.1, -0.05) is 50.2 Å². The average Bonchev–Trinajstić information content (AvgIpc) is 2.59. The maximum absolute atomic E-state index is 13.0. The van der Waals surface area contributed by atoms with Crippen LogP contribution < -0.4 is 0 Å². The fourth-order valence-corrected chi connectivity index (χ4v) is 4.33. The molecule has 0 aromatic carbocycles. The molecular weight excluding hydrogens is 348 g/mol. The summed E-state index contributed by atoms with van der Waals surface area (Å²) in [5, 5.41) is 9.07. The number of carbonyl (C=O) groups is 1. The highest BCUT2D eigenvalue weighted by atomic mass is 32.2. The third-order valence-corrected chi connectivity index (χ3v) is 5.38. The van der Waals surface area contributed by atoms with Gasteiger partial charge in [0.05, 0.1) is 11.4 Å². The highest BCUT2D eigenvalue weighted by Crippen LogP contribution is 2.32. The van der Waals surface area contributed by atoms with E-state index in [2.05, 4.69) is 37.7 Å². The van der Waals surface area contributed by atoms with Crippen molar-refractivity contribution in [3.63, 3.8) is 0 Å². The zero-order valence-electron chi connectivity index (χ0n) is 16.7. The van der Waals surface area contributed by atoms with E-state index in [1.165, 1.54) is 0 Å². The molecule has 0 aliphatic heterocycles. The van der Waals surface area contributed by atoms with Crippen molar-refractivity contribution in [2.75, 3.05) is 19.0 Å². The largest absolute Gasteiger partial charge is 0.396 e. The number of hydrogen-bond acceptors (Lipinski definition) is 6. The number of thioether (sulfide) groups is 1. The number of oxime groups is 2. The summed E-state index contributed by atoms with van der Waals surface area (Å²) >= 11 is 1.94. The van der Waals surface area contributed by atoms with Crippen LogP contribution in [-0.2, 0) is 14.5 Å². The summed E-state index contributed by atoms with van der Waals surface area (Å²) in [4.78, 5) is 23.6. The molecule has 0 aromatic heterocycles. The first-order chi connectivity index (χ1) is 12.6. The van der Waals surface area contributed by atoms with Crippen LogP contribution in [0.4, 0.5) is 0 Å². The van der Waals surface area contributed by atoms with Crippen LogP contribution in [0.5, 0.6) is 0 Å². The molecule has 0 unspecified atom stereocenters. The summed E-state index contributed by atoms with van der Waals surface area (Å²) in [5.41, 5.74) is 1.56. The van der Waals surface area contributed by atoms with Gasteiger partial charge in [0.25, 0.3) is 0 Å². The molecule has 0 saturated heterocycles. The summed E-state index contributed by atoms with van der Waals surface area (Å²) in [6.07, 6.45) is 5.66. The van der Waals surface area contributed by atoms with E-state index in [-0.39, 0.29) is 5.78 Å². The molecule has 0 bridgehead atoms. The van der Waals surface area contributed by atoms with Crippen molar-refractivity contribution < 1.29 is 14.5 Å². The molecule has 1 aliphatic rings. The average molecular weight is 383 g/mol. The van der Waals surface area contributed by atoms with Gasteiger partial charge in [-0.25, -0.2) is 0 Å². The monoisotopic (exact) mass is 382 g/mol. The molecule has 1 rings (SSSR count). The van der Waals surface area contributed by atoms with Crippen molar-refractivity contribution in [2.24, 2.45) is 22.1 Å². The van der Waals surface area contributed by atoms with E-state index in [0.717, 1.165) is 42.9 Å². The van der Waals surface area contributed by atoms with Crippen LogP contribution >= 0.6 is 11.8 Å². The molecule has 26 heavy (non-hydrogen) atoms. The summed E-state index contributed by atoms with van der Waals surface area (Å²) in [6, 6.07) is 0. The van der Waals surface area contributed by atoms with Gasteiger partial charge in [0, 0.05) is 11.7 Å². The first-order valence-corrected chi connectivity index (χ1v) is 10.7. The van der Waals surface area contributed by atoms with Crippen molar-refractivity contribution in [1.29, 1.82) is 0 Å². The maximum atomic E-state index is 13.0. The van der Waals surface area contributed by atoms with E-state index < -0.39 is 5.92 Å². The predicted octanol–water partition coefficient (Wildman–Crippen LogP) is 4.86. The normalized spacial score (nSPS) is 23.8. The van der Waals surface area contributed by atoms with Gasteiger partial charge in [0.2, 0.25) is 0 Å². The number of hydrogen-bond donors (Lipinski definition) is 0. The van der Waals surface area contributed by atoms with E-state index >= 15 is 0 Å². The molecule has 0 heterocycles. The Morgan fingerprint density at radius 2 is 2.12 bits per heavy atom. The fraction of sp³-hybridized carbons (Fsp3) is 0.750. The van der Waals surface area contributed by atoms with Gasteiger partial charge in [0.15, 0.2) is 0 Å². The molecule has 1 fully saturated rings. The highest BCUT2D eigenvalue weighted by molar-refractivity contribution is 7.99. The number of carbonyl (C=O) groups excluding carboxylic acids is 1. The van der Waals surface area contributed by atoms with Gasteiger partial charge in [-0.2, -0.15) is 11.8 Å². The Morgan fingerprint density at radius 1 is 1.35 bits per heavy atom. The Bertz CT molecular complexity index is 505. The summed E-state index contributed by atoms with van der Waals surface area (Å²) < 4.78 is 0. The van der Waals surface area contributed by atoms with E-state index in [1.807, 2.05) is 18.7 Å².